The second-order valence-electron chi connectivity index (χ2n) is 5.71. The lowest BCUT2D eigenvalue weighted by Crippen LogP contribution is -2.26. The van der Waals surface area contributed by atoms with E-state index in [1.807, 2.05) is 6.92 Å². The van der Waals surface area contributed by atoms with Crippen LogP contribution in [0.15, 0.2) is 47.4 Å². The van der Waals surface area contributed by atoms with E-state index in [0.717, 1.165) is 6.07 Å². The van der Waals surface area contributed by atoms with Crippen molar-refractivity contribution >= 4 is 27.3 Å². The molecule has 0 atom stereocenters. The molecule has 26 heavy (non-hydrogen) atoms. The van der Waals surface area contributed by atoms with Crippen LogP contribution >= 0.6 is 0 Å². The summed E-state index contributed by atoms with van der Waals surface area (Å²) < 4.78 is 27.3. The molecule has 9 heteroatoms. The maximum atomic E-state index is 12.5. The van der Waals surface area contributed by atoms with Crippen LogP contribution in [0.4, 0.5) is 11.4 Å². The molecule has 0 saturated heterocycles. The number of nitro groups is 1. The summed E-state index contributed by atoms with van der Waals surface area (Å²) >= 11 is 0. The largest absolute Gasteiger partial charge is 0.342 e. The molecular weight excluding hydrogens is 358 g/mol. The minimum Gasteiger partial charge on any atom is -0.342 e. The third-order valence-corrected chi connectivity index (χ3v) is 5.27. The van der Waals surface area contributed by atoms with Gasteiger partial charge in [0.2, 0.25) is 0 Å². The summed E-state index contributed by atoms with van der Waals surface area (Å²) in [6.45, 7) is 3.94. The van der Waals surface area contributed by atoms with Gasteiger partial charge in [0.25, 0.3) is 21.6 Å². The molecule has 2 rings (SSSR count). The maximum absolute atomic E-state index is 12.5. The van der Waals surface area contributed by atoms with Crippen molar-refractivity contribution in [2.24, 2.45) is 0 Å². The third-order valence-electron chi connectivity index (χ3n) is 3.89. The van der Waals surface area contributed by atoms with Crippen LogP contribution in [-0.2, 0) is 10.0 Å². The lowest BCUT2D eigenvalue weighted by atomic mass is 10.2. The van der Waals surface area contributed by atoms with Crippen LogP contribution < -0.4 is 4.72 Å². The van der Waals surface area contributed by atoms with Crippen LogP contribution in [0.25, 0.3) is 0 Å². The summed E-state index contributed by atoms with van der Waals surface area (Å²) in [5.41, 5.74) is 0.792. The Kier molecular flexibility index (Phi) is 5.61. The fourth-order valence-corrected chi connectivity index (χ4v) is 3.29. The normalized spacial score (nSPS) is 11.0. The van der Waals surface area contributed by atoms with Crippen LogP contribution in [0.3, 0.4) is 0 Å². The van der Waals surface area contributed by atoms with Gasteiger partial charge in [-0.2, -0.15) is 0 Å². The fourth-order valence-electron chi connectivity index (χ4n) is 2.21. The molecule has 0 saturated carbocycles. The quantitative estimate of drug-likeness (QED) is 0.615. The zero-order chi connectivity index (χ0) is 19.5. The van der Waals surface area contributed by atoms with Gasteiger partial charge >= 0.3 is 0 Å². The second-order valence-corrected chi connectivity index (χ2v) is 7.39. The maximum Gasteiger partial charge on any atom is 0.273 e. The lowest BCUT2D eigenvalue weighted by molar-refractivity contribution is -0.385. The minimum absolute atomic E-state index is 0.170. The summed E-state index contributed by atoms with van der Waals surface area (Å²) in [7, 11) is -2.32. The Morgan fingerprint density at radius 1 is 1.19 bits per heavy atom. The van der Waals surface area contributed by atoms with Gasteiger partial charge in [-0.3, -0.25) is 19.6 Å². The van der Waals surface area contributed by atoms with E-state index in [-0.39, 0.29) is 22.2 Å². The lowest BCUT2D eigenvalue weighted by Gasteiger charge is -2.15. The highest BCUT2D eigenvalue weighted by molar-refractivity contribution is 7.92. The smallest absolute Gasteiger partial charge is 0.273 e. The number of nitrogens with one attached hydrogen (secondary N) is 1. The number of carbonyl (C=O) groups excluding carboxylic acids is 1. The molecule has 0 aliphatic rings. The SMILES string of the molecule is CCN(C)C(=O)c1ccc(NS(=O)(=O)c2ccc(C)c([N+](=O)[O-])c2)cc1. The van der Waals surface area contributed by atoms with Gasteiger partial charge in [-0.15, -0.1) is 0 Å². The minimum atomic E-state index is -3.99. The van der Waals surface area contributed by atoms with Crippen molar-refractivity contribution in [2.45, 2.75) is 18.7 Å². The first-order valence-corrected chi connectivity index (χ1v) is 9.27. The van der Waals surface area contributed by atoms with Gasteiger partial charge in [-0.1, -0.05) is 6.07 Å². The van der Waals surface area contributed by atoms with Crippen LogP contribution in [0.1, 0.15) is 22.8 Å². The van der Waals surface area contributed by atoms with Crippen molar-refractivity contribution in [1.29, 1.82) is 0 Å². The average molecular weight is 377 g/mol. The molecule has 0 aromatic heterocycles. The highest BCUT2D eigenvalue weighted by atomic mass is 32.2. The zero-order valence-corrected chi connectivity index (χ0v) is 15.4. The van der Waals surface area contributed by atoms with Gasteiger partial charge in [0.05, 0.1) is 9.82 Å². The number of aryl methyl sites for hydroxylation is 1. The van der Waals surface area contributed by atoms with Gasteiger partial charge in [-0.05, 0) is 44.2 Å². The first-order chi connectivity index (χ1) is 12.2. The van der Waals surface area contributed by atoms with Crippen molar-refractivity contribution < 1.29 is 18.1 Å². The predicted molar refractivity (Wildman–Crippen MR) is 97.7 cm³/mol. The molecule has 0 heterocycles. The molecule has 0 fully saturated rings. The van der Waals surface area contributed by atoms with Crippen molar-refractivity contribution in [2.75, 3.05) is 18.3 Å². The molecule has 0 aliphatic carbocycles. The summed E-state index contributed by atoms with van der Waals surface area (Å²) in [6, 6.07) is 9.68. The number of carbonyl (C=O) groups is 1. The molecule has 2 aromatic carbocycles. The number of hydrogen-bond acceptors (Lipinski definition) is 5. The van der Waals surface area contributed by atoms with Crippen molar-refractivity contribution in [3.63, 3.8) is 0 Å². The van der Waals surface area contributed by atoms with Crippen LogP contribution in [0, 0.1) is 17.0 Å². The summed E-state index contributed by atoms with van der Waals surface area (Å²) in [6.07, 6.45) is 0. The Morgan fingerprint density at radius 2 is 1.81 bits per heavy atom. The van der Waals surface area contributed by atoms with Gasteiger partial charge < -0.3 is 4.90 Å². The van der Waals surface area contributed by atoms with E-state index < -0.39 is 14.9 Å². The number of benzene rings is 2. The fraction of sp³-hybridized carbons (Fsp3) is 0.235. The predicted octanol–water partition coefficient (Wildman–Crippen LogP) is 2.80. The molecule has 138 valence electrons. The van der Waals surface area contributed by atoms with Crippen molar-refractivity contribution in [3.8, 4) is 0 Å². The van der Waals surface area contributed by atoms with E-state index in [2.05, 4.69) is 4.72 Å². The summed E-state index contributed by atoms with van der Waals surface area (Å²) in [5.74, 6) is -0.170. The molecular formula is C17H19N3O5S. The van der Waals surface area contributed by atoms with Gasteiger partial charge in [0, 0.05) is 36.5 Å². The van der Waals surface area contributed by atoms with Crippen molar-refractivity contribution in [3.05, 3.63) is 63.7 Å². The Morgan fingerprint density at radius 3 is 2.35 bits per heavy atom. The Balaban J connectivity index is 2.26. The monoisotopic (exact) mass is 377 g/mol. The molecule has 0 unspecified atom stereocenters. The van der Waals surface area contributed by atoms with E-state index >= 15 is 0 Å². The molecule has 0 spiro atoms. The number of nitro benzene ring substituents is 1. The second kappa shape index (κ2) is 7.52. The highest BCUT2D eigenvalue weighted by Crippen LogP contribution is 2.24. The molecule has 0 bridgehead atoms. The van der Waals surface area contributed by atoms with Crippen molar-refractivity contribution in [1.82, 2.24) is 4.90 Å². The summed E-state index contributed by atoms with van der Waals surface area (Å²) in [4.78, 5) is 23.7. The first-order valence-electron chi connectivity index (χ1n) is 7.79. The van der Waals surface area contributed by atoms with Gasteiger partial charge in [-0.25, -0.2) is 8.42 Å². The standard InChI is InChI=1S/C17H19N3O5S/c1-4-19(3)17(21)13-6-8-14(9-7-13)18-26(24,25)15-10-5-12(2)16(11-15)20(22)23/h5-11,18H,4H2,1-3H3. The average Bonchev–Trinajstić information content (AvgIpc) is 2.60. The van der Waals surface area contributed by atoms with E-state index in [9.17, 15) is 23.3 Å². The van der Waals surface area contributed by atoms with E-state index in [0.29, 0.717) is 17.7 Å². The Hall–Kier alpha value is -2.94. The highest BCUT2D eigenvalue weighted by Gasteiger charge is 2.20. The molecule has 1 N–H and O–H groups in total. The third kappa shape index (κ3) is 4.17. The number of anilines is 1. The van der Waals surface area contributed by atoms with E-state index in [1.54, 1.807) is 7.05 Å². The molecule has 0 radical (unpaired) electrons. The molecule has 8 nitrogen and oxygen atoms in total. The number of hydrogen-bond donors (Lipinski definition) is 1. The molecule has 0 aliphatic heterocycles. The van der Waals surface area contributed by atoms with Crippen LogP contribution in [0.5, 0.6) is 0 Å². The van der Waals surface area contributed by atoms with Gasteiger partial charge in [0.1, 0.15) is 0 Å². The number of amides is 1. The number of rotatable bonds is 6. The Bertz CT molecular complexity index is 939. The first kappa shape index (κ1) is 19.4. The van der Waals surface area contributed by atoms with Crippen LogP contribution in [0.2, 0.25) is 0 Å². The summed E-state index contributed by atoms with van der Waals surface area (Å²) in [5, 5.41) is 11.0. The topological polar surface area (TPSA) is 110 Å². The molecule has 2 aromatic rings. The van der Waals surface area contributed by atoms with Crippen LogP contribution in [-0.4, -0.2) is 37.7 Å². The zero-order valence-electron chi connectivity index (χ0n) is 14.6. The van der Waals surface area contributed by atoms with E-state index in [1.165, 1.54) is 48.2 Å². The Labute approximate surface area is 151 Å². The number of sulfonamides is 1. The molecule has 1 amide bonds. The number of nitrogens with zero attached hydrogens (tertiary/aromatic N) is 2. The van der Waals surface area contributed by atoms with E-state index in [4.69, 9.17) is 0 Å². The van der Waals surface area contributed by atoms with Gasteiger partial charge in [0.15, 0.2) is 0 Å².